The lowest BCUT2D eigenvalue weighted by atomic mass is 9.96. The molecule has 1 aromatic heterocycles. The Labute approximate surface area is 168 Å². The van der Waals surface area contributed by atoms with Crippen molar-refractivity contribution < 1.29 is 19.8 Å². The first kappa shape index (κ1) is 21.6. The molecule has 0 amide bonds. The fourth-order valence-corrected chi connectivity index (χ4v) is 3.05. The van der Waals surface area contributed by atoms with Crippen LogP contribution in [0.1, 0.15) is 35.2 Å². The highest BCUT2D eigenvalue weighted by atomic mass is 35.5. The number of carboxylic acids is 2. The van der Waals surface area contributed by atoms with Crippen LogP contribution in [0.25, 0.3) is 12.2 Å². The summed E-state index contributed by atoms with van der Waals surface area (Å²) in [7, 11) is 0. The number of rotatable bonds is 5. The van der Waals surface area contributed by atoms with E-state index in [1.807, 2.05) is 30.3 Å². The number of hydrogen-bond acceptors (Lipinski definition) is 4. The molecule has 2 heterocycles. The van der Waals surface area contributed by atoms with E-state index in [2.05, 4.69) is 22.4 Å². The van der Waals surface area contributed by atoms with Gasteiger partial charge in [0.15, 0.2) is 0 Å². The van der Waals surface area contributed by atoms with Crippen molar-refractivity contribution in [1.82, 2.24) is 10.3 Å². The number of nitrogens with one attached hydrogen (secondary N) is 1. The van der Waals surface area contributed by atoms with Crippen molar-refractivity contribution in [3.63, 3.8) is 0 Å². The van der Waals surface area contributed by atoms with Gasteiger partial charge in [0, 0.05) is 11.2 Å². The lowest BCUT2D eigenvalue weighted by molar-refractivity contribution is -0.143. The Bertz CT molecular complexity index is 824. The Morgan fingerprint density at radius 3 is 2.39 bits per heavy atom. The molecular formula is C21H23ClN2O4. The number of hydrogen-bond donors (Lipinski definition) is 3. The zero-order valence-corrected chi connectivity index (χ0v) is 16.2. The highest BCUT2D eigenvalue weighted by Crippen LogP contribution is 2.27. The van der Waals surface area contributed by atoms with E-state index in [1.165, 1.54) is 11.1 Å². The van der Waals surface area contributed by atoms with Gasteiger partial charge in [0.25, 0.3) is 0 Å². The van der Waals surface area contributed by atoms with Crippen molar-refractivity contribution in [2.24, 2.45) is 0 Å². The Morgan fingerprint density at radius 2 is 1.75 bits per heavy atom. The van der Waals surface area contributed by atoms with Crippen LogP contribution in [-0.4, -0.2) is 40.2 Å². The number of benzene rings is 1. The predicted molar refractivity (Wildman–Crippen MR) is 109 cm³/mol. The standard InChI is InChI=1S/C17H17ClN2.C4H6O4/c18-17-7-4-13-8-11-19-12-9-15(13)16(17)6-5-14-3-1-2-10-20-14;5-3(6)1-2-4(7)8/h1-7,10,19H,8-9,11-12H2;1-2H2,(H,5,6)(H,7,8)/b6-5-;. The molecule has 0 fully saturated rings. The van der Waals surface area contributed by atoms with E-state index >= 15 is 0 Å². The number of pyridine rings is 1. The Balaban J connectivity index is 0.000000300. The van der Waals surface area contributed by atoms with Crippen LogP contribution in [0.15, 0.2) is 36.5 Å². The van der Waals surface area contributed by atoms with Crippen LogP contribution >= 0.6 is 11.6 Å². The first-order valence-electron chi connectivity index (χ1n) is 9.01. The van der Waals surface area contributed by atoms with E-state index in [4.69, 9.17) is 21.8 Å². The summed E-state index contributed by atoms with van der Waals surface area (Å²) >= 11 is 6.39. The zero-order valence-electron chi connectivity index (χ0n) is 15.4. The number of fused-ring (bicyclic) bond motifs is 1. The van der Waals surface area contributed by atoms with E-state index in [9.17, 15) is 9.59 Å². The Morgan fingerprint density at radius 1 is 1.04 bits per heavy atom. The predicted octanol–water partition coefficient (Wildman–Crippen LogP) is 3.53. The second-order valence-electron chi connectivity index (χ2n) is 6.22. The molecule has 0 saturated carbocycles. The smallest absolute Gasteiger partial charge is 0.303 e. The molecule has 148 valence electrons. The SMILES string of the molecule is Clc1ccc2c(c1/C=C\c1ccccn1)CCNCC2.O=C(O)CCC(=O)O. The lowest BCUT2D eigenvalue weighted by Crippen LogP contribution is -2.16. The van der Waals surface area contributed by atoms with Gasteiger partial charge in [-0.2, -0.15) is 0 Å². The zero-order chi connectivity index (χ0) is 20.4. The van der Waals surface area contributed by atoms with Crippen LogP contribution in [0.4, 0.5) is 0 Å². The quantitative estimate of drug-likeness (QED) is 0.707. The number of nitrogens with zero attached hydrogens (tertiary/aromatic N) is 1. The van der Waals surface area contributed by atoms with Gasteiger partial charge in [-0.05, 0) is 66.9 Å². The molecule has 1 aromatic carbocycles. The molecule has 7 heteroatoms. The van der Waals surface area contributed by atoms with Crippen molar-refractivity contribution >= 4 is 35.7 Å². The van der Waals surface area contributed by atoms with Gasteiger partial charge in [0.05, 0.1) is 18.5 Å². The van der Waals surface area contributed by atoms with Gasteiger partial charge in [-0.15, -0.1) is 0 Å². The number of carbonyl (C=O) groups is 2. The molecule has 0 radical (unpaired) electrons. The number of halogens is 1. The van der Waals surface area contributed by atoms with Gasteiger partial charge in [-0.3, -0.25) is 14.6 Å². The minimum Gasteiger partial charge on any atom is -0.481 e. The molecular weight excluding hydrogens is 380 g/mol. The Hall–Kier alpha value is -2.70. The molecule has 1 aliphatic rings. The third-order valence-electron chi connectivity index (χ3n) is 4.19. The lowest BCUT2D eigenvalue weighted by Gasteiger charge is -2.11. The summed E-state index contributed by atoms with van der Waals surface area (Å²) < 4.78 is 0. The molecule has 6 nitrogen and oxygen atoms in total. The van der Waals surface area contributed by atoms with Gasteiger partial charge in [0.2, 0.25) is 0 Å². The molecule has 0 atom stereocenters. The summed E-state index contributed by atoms with van der Waals surface area (Å²) in [5.41, 5.74) is 4.86. The molecule has 1 aliphatic heterocycles. The van der Waals surface area contributed by atoms with Gasteiger partial charge in [-0.1, -0.05) is 29.8 Å². The van der Waals surface area contributed by atoms with Crippen LogP contribution in [-0.2, 0) is 22.4 Å². The first-order chi connectivity index (χ1) is 13.5. The Kier molecular flexibility index (Phi) is 8.65. The van der Waals surface area contributed by atoms with Crippen molar-refractivity contribution in [2.45, 2.75) is 25.7 Å². The average molecular weight is 403 g/mol. The highest BCUT2D eigenvalue weighted by Gasteiger charge is 2.12. The second kappa shape index (κ2) is 11.2. The first-order valence-corrected chi connectivity index (χ1v) is 9.39. The monoisotopic (exact) mass is 402 g/mol. The summed E-state index contributed by atoms with van der Waals surface area (Å²) in [4.78, 5) is 23.6. The fraction of sp³-hybridized carbons (Fsp3) is 0.286. The van der Waals surface area contributed by atoms with Gasteiger partial charge in [-0.25, -0.2) is 0 Å². The van der Waals surface area contributed by atoms with Crippen LogP contribution in [0.3, 0.4) is 0 Å². The van der Waals surface area contributed by atoms with E-state index in [0.717, 1.165) is 42.2 Å². The van der Waals surface area contributed by atoms with Crippen molar-refractivity contribution in [3.05, 3.63) is 63.9 Å². The number of aromatic nitrogens is 1. The van der Waals surface area contributed by atoms with Crippen molar-refractivity contribution in [3.8, 4) is 0 Å². The topological polar surface area (TPSA) is 99.5 Å². The molecule has 28 heavy (non-hydrogen) atoms. The summed E-state index contributed by atoms with van der Waals surface area (Å²) in [6.45, 7) is 2.05. The third kappa shape index (κ3) is 7.13. The fourth-order valence-electron chi connectivity index (χ4n) is 2.81. The summed E-state index contributed by atoms with van der Waals surface area (Å²) in [6.07, 6.45) is 7.42. The molecule has 0 aliphatic carbocycles. The highest BCUT2D eigenvalue weighted by molar-refractivity contribution is 6.32. The summed E-state index contributed by atoms with van der Waals surface area (Å²) in [6, 6.07) is 10.1. The van der Waals surface area contributed by atoms with E-state index in [0.29, 0.717) is 0 Å². The van der Waals surface area contributed by atoms with Crippen molar-refractivity contribution in [1.29, 1.82) is 0 Å². The molecule has 0 saturated heterocycles. The minimum absolute atomic E-state index is 0.296. The minimum atomic E-state index is -1.08. The molecule has 3 N–H and O–H groups in total. The molecule has 0 spiro atoms. The van der Waals surface area contributed by atoms with E-state index in [1.54, 1.807) is 6.20 Å². The van der Waals surface area contributed by atoms with Crippen LogP contribution in [0.5, 0.6) is 0 Å². The van der Waals surface area contributed by atoms with Gasteiger partial charge < -0.3 is 15.5 Å². The molecule has 2 aromatic rings. The second-order valence-corrected chi connectivity index (χ2v) is 6.63. The number of carboxylic acid groups (broad SMARTS) is 2. The maximum Gasteiger partial charge on any atom is 0.303 e. The summed E-state index contributed by atoms with van der Waals surface area (Å²) in [5.74, 6) is -2.15. The van der Waals surface area contributed by atoms with Crippen LogP contribution in [0, 0.1) is 0 Å². The van der Waals surface area contributed by atoms with E-state index < -0.39 is 11.9 Å². The van der Waals surface area contributed by atoms with Crippen LogP contribution in [0.2, 0.25) is 5.02 Å². The third-order valence-corrected chi connectivity index (χ3v) is 4.51. The maximum absolute atomic E-state index is 9.64. The molecule has 3 rings (SSSR count). The number of aliphatic carboxylic acids is 2. The van der Waals surface area contributed by atoms with Crippen molar-refractivity contribution in [2.75, 3.05) is 13.1 Å². The largest absolute Gasteiger partial charge is 0.481 e. The van der Waals surface area contributed by atoms with E-state index in [-0.39, 0.29) is 12.8 Å². The summed E-state index contributed by atoms with van der Waals surface area (Å²) in [5, 5.41) is 20.1. The normalized spacial score (nSPS) is 13.2. The average Bonchev–Trinajstić information content (AvgIpc) is 2.92. The maximum atomic E-state index is 9.64. The molecule has 0 bridgehead atoms. The van der Waals surface area contributed by atoms with Crippen LogP contribution < -0.4 is 5.32 Å². The molecule has 0 unspecified atom stereocenters. The van der Waals surface area contributed by atoms with Gasteiger partial charge in [0.1, 0.15) is 0 Å². The van der Waals surface area contributed by atoms with Gasteiger partial charge >= 0.3 is 11.9 Å².